The normalized spacial score (nSPS) is 12.6. The first-order valence-corrected chi connectivity index (χ1v) is 9.93. The van der Waals surface area contributed by atoms with Gasteiger partial charge in [0.15, 0.2) is 11.5 Å². The van der Waals surface area contributed by atoms with Crippen LogP contribution in [0.2, 0.25) is 0 Å². The van der Waals surface area contributed by atoms with Crippen molar-refractivity contribution in [2.24, 2.45) is 5.73 Å². The number of benzene rings is 2. The minimum Gasteiger partial charge on any atom is -0.454 e. The number of hydrogen-bond donors (Lipinski definition) is 3. The molecule has 1 amide bonds. The summed E-state index contributed by atoms with van der Waals surface area (Å²) < 4.78 is 11.9. The van der Waals surface area contributed by atoms with Gasteiger partial charge in [0, 0.05) is 51.7 Å². The number of fused-ring (bicyclic) bond motifs is 3. The van der Waals surface area contributed by atoms with Crippen molar-refractivity contribution < 1.29 is 14.3 Å². The van der Waals surface area contributed by atoms with E-state index in [1.165, 1.54) is 0 Å². The van der Waals surface area contributed by atoms with E-state index in [1.54, 1.807) is 12.1 Å². The molecule has 0 saturated carbocycles. The Kier molecular flexibility index (Phi) is 4.37. The number of H-pyrrole nitrogens is 1. The summed E-state index contributed by atoms with van der Waals surface area (Å²) in [6.07, 6.45) is 1.90. The summed E-state index contributed by atoms with van der Waals surface area (Å²) in [6.45, 7) is 0.913. The number of carbonyl (C=O) groups is 1. The standard InChI is InChI=1S/C21H17BrN4O3/c22-11-1-2-16-12(5-11)15(9-25-16)17-6-14(21(27)24-4-3-23)13-7-19-20(29-10-28-19)8-18(13)26-17/h1-2,5-9,25H,3-4,10,23H2,(H,24,27). The van der Waals surface area contributed by atoms with E-state index in [0.717, 1.165) is 20.9 Å². The number of halogens is 1. The molecule has 3 heterocycles. The third-order valence-corrected chi connectivity index (χ3v) is 5.39. The minimum absolute atomic E-state index is 0.156. The Morgan fingerprint density at radius 2 is 2.00 bits per heavy atom. The van der Waals surface area contributed by atoms with Crippen LogP contribution in [0, 0.1) is 0 Å². The van der Waals surface area contributed by atoms with Crippen molar-refractivity contribution in [3.05, 3.63) is 52.6 Å². The van der Waals surface area contributed by atoms with Crippen molar-refractivity contribution in [3.63, 3.8) is 0 Å². The van der Waals surface area contributed by atoms with E-state index < -0.39 is 0 Å². The van der Waals surface area contributed by atoms with Gasteiger partial charge in [-0.3, -0.25) is 4.79 Å². The fourth-order valence-electron chi connectivity index (χ4n) is 3.53. The lowest BCUT2D eigenvalue weighted by Gasteiger charge is -2.11. The number of carbonyl (C=O) groups excluding carboxylic acids is 1. The van der Waals surface area contributed by atoms with E-state index >= 15 is 0 Å². The van der Waals surface area contributed by atoms with Crippen LogP contribution < -0.4 is 20.5 Å². The first-order valence-electron chi connectivity index (χ1n) is 9.14. The van der Waals surface area contributed by atoms with Crippen molar-refractivity contribution in [2.45, 2.75) is 0 Å². The largest absolute Gasteiger partial charge is 0.454 e. The average molecular weight is 453 g/mol. The Bertz CT molecular complexity index is 1270. The molecule has 146 valence electrons. The van der Waals surface area contributed by atoms with Crippen LogP contribution in [0.1, 0.15) is 10.4 Å². The van der Waals surface area contributed by atoms with Gasteiger partial charge in [-0.05, 0) is 30.3 Å². The second-order valence-electron chi connectivity index (χ2n) is 6.71. The van der Waals surface area contributed by atoms with Gasteiger partial charge in [-0.25, -0.2) is 4.98 Å². The number of aromatic amines is 1. The van der Waals surface area contributed by atoms with Gasteiger partial charge in [-0.2, -0.15) is 0 Å². The number of ether oxygens (including phenoxy) is 2. The highest BCUT2D eigenvalue weighted by atomic mass is 79.9. The second kappa shape index (κ2) is 7.06. The maximum absolute atomic E-state index is 12.9. The molecule has 4 N–H and O–H groups in total. The fourth-order valence-corrected chi connectivity index (χ4v) is 3.89. The van der Waals surface area contributed by atoms with Crippen LogP contribution in [-0.2, 0) is 0 Å². The van der Waals surface area contributed by atoms with Gasteiger partial charge in [0.05, 0.1) is 16.8 Å². The molecule has 29 heavy (non-hydrogen) atoms. The number of nitrogens with zero attached hydrogens (tertiary/aromatic N) is 1. The topological polar surface area (TPSA) is 102 Å². The highest BCUT2D eigenvalue weighted by Gasteiger charge is 2.21. The summed E-state index contributed by atoms with van der Waals surface area (Å²) in [4.78, 5) is 21.0. The molecule has 4 aromatic rings. The van der Waals surface area contributed by atoms with Gasteiger partial charge in [0.2, 0.25) is 6.79 Å². The third kappa shape index (κ3) is 3.10. The molecular weight excluding hydrogens is 436 g/mol. The maximum atomic E-state index is 12.9. The lowest BCUT2D eigenvalue weighted by Crippen LogP contribution is -2.29. The number of nitrogens with one attached hydrogen (secondary N) is 2. The molecule has 1 aliphatic rings. The van der Waals surface area contributed by atoms with Gasteiger partial charge >= 0.3 is 0 Å². The lowest BCUT2D eigenvalue weighted by atomic mass is 10.0. The Morgan fingerprint density at radius 1 is 1.17 bits per heavy atom. The predicted molar refractivity (Wildman–Crippen MR) is 114 cm³/mol. The number of nitrogens with two attached hydrogens (primary N) is 1. The van der Waals surface area contributed by atoms with Crippen LogP contribution >= 0.6 is 15.9 Å². The van der Waals surface area contributed by atoms with E-state index in [2.05, 4.69) is 26.2 Å². The van der Waals surface area contributed by atoms with Gasteiger partial charge < -0.3 is 25.5 Å². The predicted octanol–water partition coefficient (Wildman–Crippen LogP) is 3.56. The third-order valence-electron chi connectivity index (χ3n) is 4.90. The Morgan fingerprint density at radius 3 is 2.83 bits per heavy atom. The van der Waals surface area contributed by atoms with Crippen LogP contribution in [0.4, 0.5) is 0 Å². The molecular formula is C21H17BrN4O3. The van der Waals surface area contributed by atoms with Gasteiger partial charge in [-0.15, -0.1) is 0 Å². The Labute approximate surface area is 174 Å². The van der Waals surface area contributed by atoms with Crippen LogP contribution in [0.25, 0.3) is 33.1 Å². The summed E-state index contributed by atoms with van der Waals surface area (Å²) in [5.41, 5.74) is 9.32. The summed E-state index contributed by atoms with van der Waals surface area (Å²) >= 11 is 3.52. The number of rotatable bonds is 4. The summed E-state index contributed by atoms with van der Waals surface area (Å²) in [7, 11) is 0. The molecule has 0 bridgehead atoms. The molecule has 2 aromatic heterocycles. The van der Waals surface area contributed by atoms with Crippen molar-refractivity contribution in [3.8, 4) is 22.8 Å². The molecule has 5 rings (SSSR count). The van der Waals surface area contributed by atoms with Gasteiger partial charge in [-0.1, -0.05) is 15.9 Å². The average Bonchev–Trinajstić information content (AvgIpc) is 3.35. The molecule has 7 nitrogen and oxygen atoms in total. The Hall–Kier alpha value is -3.10. The van der Waals surface area contributed by atoms with Crippen molar-refractivity contribution in [1.29, 1.82) is 0 Å². The molecule has 0 fully saturated rings. The van der Waals surface area contributed by atoms with E-state index in [-0.39, 0.29) is 12.7 Å². The summed E-state index contributed by atoms with van der Waals surface area (Å²) in [5, 5.41) is 4.56. The van der Waals surface area contributed by atoms with Crippen molar-refractivity contribution in [2.75, 3.05) is 19.9 Å². The number of pyridine rings is 1. The van der Waals surface area contributed by atoms with E-state index in [0.29, 0.717) is 46.7 Å². The van der Waals surface area contributed by atoms with E-state index in [4.69, 9.17) is 20.2 Å². The van der Waals surface area contributed by atoms with Crippen molar-refractivity contribution >= 4 is 43.6 Å². The number of hydrogen-bond acceptors (Lipinski definition) is 5. The quantitative estimate of drug-likeness (QED) is 0.439. The number of amides is 1. The zero-order valence-corrected chi connectivity index (χ0v) is 16.9. The Balaban J connectivity index is 1.74. The first-order chi connectivity index (χ1) is 14.1. The maximum Gasteiger partial charge on any atom is 0.252 e. The number of aromatic nitrogens is 2. The summed E-state index contributed by atoms with van der Waals surface area (Å²) in [5.74, 6) is 1.03. The highest BCUT2D eigenvalue weighted by molar-refractivity contribution is 9.10. The molecule has 1 aliphatic heterocycles. The van der Waals surface area contributed by atoms with Crippen LogP contribution in [0.15, 0.2) is 47.1 Å². The van der Waals surface area contributed by atoms with E-state index in [9.17, 15) is 4.79 Å². The zero-order valence-electron chi connectivity index (χ0n) is 15.3. The molecule has 8 heteroatoms. The van der Waals surface area contributed by atoms with Gasteiger partial charge in [0.25, 0.3) is 5.91 Å². The fraction of sp³-hybridized carbons (Fsp3) is 0.143. The molecule has 0 unspecified atom stereocenters. The molecule has 0 radical (unpaired) electrons. The molecule has 0 spiro atoms. The van der Waals surface area contributed by atoms with E-state index in [1.807, 2.05) is 30.5 Å². The molecule has 0 atom stereocenters. The molecule has 0 saturated heterocycles. The summed E-state index contributed by atoms with van der Waals surface area (Å²) in [6, 6.07) is 11.4. The van der Waals surface area contributed by atoms with Gasteiger partial charge in [0.1, 0.15) is 0 Å². The minimum atomic E-state index is -0.205. The van der Waals surface area contributed by atoms with Crippen LogP contribution in [0.5, 0.6) is 11.5 Å². The van der Waals surface area contributed by atoms with Crippen LogP contribution in [0.3, 0.4) is 0 Å². The van der Waals surface area contributed by atoms with Crippen molar-refractivity contribution in [1.82, 2.24) is 15.3 Å². The SMILES string of the molecule is NCCNC(=O)c1cc(-c2c[nH]c3ccc(Br)cc23)nc2cc3c(cc12)OCO3. The van der Waals surface area contributed by atoms with Crippen LogP contribution in [-0.4, -0.2) is 35.8 Å². The first kappa shape index (κ1) is 18.0. The smallest absolute Gasteiger partial charge is 0.252 e. The molecule has 0 aliphatic carbocycles. The monoisotopic (exact) mass is 452 g/mol. The highest BCUT2D eigenvalue weighted by Crippen LogP contribution is 2.38. The lowest BCUT2D eigenvalue weighted by molar-refractivity contribution is 0.0956. The second-order valence-corrected chi connectivity index (χ2v) is 7.63. The zero-order chi connectivity index (χ0) is 20.0. The molecule has 2 aromatic carbocycles.